The number of amides is 1. The van der Waals surface area contributed by atoms with Crippen molar-refractivity contribution in [3.05, 3.63) is 71.6 Å². The third-order valence-corrected chi connectivity index (χ3v) is 3.66. The van der Waals surface area contributed by atoms with Crippen molar-refractivity contribution in [1.82, 2.24) is 9.78 Å². The van der Waals surface area contributed by atoms with E-state index in [2.05, 4.69) is 10.4 Å². The van der Waals surface area contributed by atoms with Gasteiger partial charge in [-0.15, -0.1) is 0 Å². The maximum Gasteiger partial charge on any atom is 0.259 e. The van der Waals surface area contributed by atoms with E-state index in [1.165, 1.54) is 6.07 Å². The third-order valence-electron chi connectivity index (χ3n) is 3.66. The predicted octanol–water partition coefficient (Wildman–Crippen LogP) is 3.93. The topological polar surface area (TPSA) is 46.9 Å². The SMILES string of the molecule is Cc1nn(C)cc1C(=O)Nc1ccccc1-c1ccc(F)c(F)c1. The molecule has 1 amide bonds. The fourth-order valence-corrected chi connectivity index (χ4v) is 2.52. The van der Waals surface area contributed by atoms with E-state index in [4.69, 9.17) is 0 Å². The molecule has 0 bridgehead atoms. The van der Waals surface area contributed by atoms with Gasteiger partial charge in [0, 0.05) is 24.5 Å². The van der Waals surface area contributed by atoms with Crippen molar-refractivity contribution in [1.29, 1.82) is 0 Å². The lowest BCUT2D eigenvalue weighted by atomic mass is 10.0. The standard InChI is InChI=1S/C18H15F2N3O/c1-11-14(10-23(2)22-11)18(24)21-17-6-4-3-5-13(17)12-7-8-15(19)16(20)9-12/h3-10H,1-2H3,(H,21,24). The Morgan fingerprint density at radius 3 is 2.54 bits per heavy atom. The average molecular weight is 327 g/mol. The van der Waals surface area contributed by atoms with Crippen LogP contribution in [0.3, 0.4) is 0 Å². The molecule has 3 aromatic rings. The summed E-state index contributed by atoms with van der Waals surface area (Å²) in [5.41, 5.74) is 2.66. The van der Waals surface area contributed by atoms with Gasteiger partial charge in [-0.2, -0.15) is 5.10 Å². The minimum Gasteiger partial charge on any atom is -0.321 e. The van der Waals surface area contributed by atoms with Crippen molar-refractivity contribution < 1.29 is 13.6 Å². The molecule has 2 aromatic carbocycles. The van der Waals surface area contributed by atoms with Crippen LogP contribution in [-0.2, 0) is 7.05 Å². The zero-order valence-corrected chi connectivity index (χ0v) is 13.2. The number of aryl methyl sites for hydroxylation is 2. The van der Waals surface area contributed by atoms with Gasteiger partial charge in [-0.1, -0.05) is 24.3 Å². The van der Waals surface area contributed by atoms with Gasteiger partial charge in [-0.05, 0) is 30.7 Å². The summed E-state index contributed by atoms with van der Waals surface area (Å²) in [6, 6.07) is 10.6. The smallest absolute Gasteiger partial charge is 0.259 e. The number of benzene rings is 2. The number of hydrogen-bond donors (Lipinski definition) is 1. The maximum atomic E-state index is 13.5. The van der Waals surface area contributed by atoms with Crippen molar-refractivity contribution in [2.75, 3.05) is 5.32 Å². The molecular weight excluding hydrogens is 312 g/mol. The first-order chi connectivity index (χ1) is 11.5. The van der Waals surface area contributed by atoms with Gasteiger partial charge in [0.15, 0.2) is 11.6 Å². The van der Waals surface area contributed by atoms with Crippen LogP contribution in [-0.4, -0.2) is 15.7 Å². The number of halogens is 2. The molecule has 0 unspecified atom stereocenters. The van der Waals surface area contributed by atoms with Crippen molar-refractivity contribution in [2.24, 2.45) is 7.05 Å². The summed E-state index contributed by atoms with van der Waals surface area (Å²) >= 11 is 0. The highest BCUT2D eigenvalue weighted by Gasteiger charge is 2.15. The fraction of sp³-hybridized carbons (Fsp3) is 0.111. The molecule has 3 rings (SSSR count). The normalized spacial score (nSPS) is 10.7. The van der Waals surface area contributed by atoms with Gasteiger partial charge >= 0.3 is 0 Å². The minimum atomic E-state index is -0.934. The average Bonchev–Trinajstić information content (AvgIpc) is 2.89. The van der Waals surface area contributed by atoms with Gasteiger partial charge < -0.3 is 5.32 Å². The van der Waals surface area contributed by atoms with Crippen LogP contribution in [0.5, 0.6) is 0 Å². The number of carbonyl (C=O) groups is 1. The number of para-hydroxylation sites is 1. The van der Waals surface area contributed by atoms with E-state index in [1.54, 1.807) is 49.1 Å². The van der Waals surface area contributed by atoms with E-state index >= 15 is 0 Å². The molecule has 0 radical (unpaired) electrons. The fourth-order valence-electron chi connectivity index (χ4n) is 2.52. The van der Waals surface area contributed by atoms with Crippen LogP contribution >= 0.6 is 0 Å². The lowest BCUT2D eigenvalue weighted by Crippen LogP contribution is -2.13. The van der Waals surface area contributed by atoms with Crippen LogP contribution in [0, 0.1) is 18.6 Å². The first kappa shape index (κ1) is 15.9. The Bertz CT molecular complexity index is 918. The largest absolute Gasteiger partial charge is 0.321 e. The second kappa shape index (κ2) is 6.23. The number of carbonyl (C=O) groups excluding carboxylic acids is 1. The molecule has 1 aromatic heterocycles. The lowest BCUT2D eigenvalue weighted by Gasteiger charge is -2.11. The molecule has 0 fully saturated rings. The van der Waals surface area contributed by atoms with Crippen molar-refractivity contribution in [3.63, 3.8) is 0 Å². The number of aromatic nitrogens is 2. The van der Waals surface area contributed by atoms with Crippen LogP contribution in [0.1, 0.15) is 16.1 Å². The highest BCUT2D eigenvalue weighted by Crippen LogP contribution is 2.29. The first-order valence-electron chi connectivity index (χ1n) is 7.32. The lowest BCUT2D eigenvalue weighted by molar-refractivity contribution is 0.102. The molecule has 24 heavy (non-hydrogen) atoms. The molecule has 0 aliphatic carbocycles. The second-order valence-electron chi connectivity index (χ2n) is 5.43. The molecule has 1 N–H and O–H groups in total. The molecule has 0 aliphatic heterocycles. The van der Waals surface area contributed by atoms with Crippen molar-refractivity contribution in [3.8, 4) is 11.1 Å². The Morgan fingerprint density at radius 1 is 1.12 bits per heavy atom. The summed E-state index contributed by atoms with van der Waals surface area (Å²) in [7, 11) is 1.74. The van der Waals surface area contributed by atoms with E-state index in [9.17, 15) is 13.6 Å². The van der Waals surface area contributed by atoms with E-state index in [0.29, 0.717) is 28.1 Å². The van der Waals surface area contributed by atoms with E-state index in [-0.39, 0.29) is 5.91 Å². The number of rotatable bonds is 3. The third kappa shape index (κ3) is 3.03. The molecule has 0 saturated carbocycles. The summed E-state index contributed by atoms with van der Waals surface area (Å²) in [5.74, 6) is -2.15. The molecule has 0 aliphatic rings. The molecular formula is C18H15F2N3O. The van der Waals surface area contributed by atoms with Gasteiger partial charge in [0.25, 0.3) is 5.91 Å². The zero-order chi connectivity index (χ0) is 17.3. The molecule has 0 spiro atoms. The van der Waals surface area contributed by atoms with E-state index in [1.807, 2.05) is 0 Å². The maximum absolute atomic E-state index is 13.5. The summed E-state index contributed by atoms with van der Waals surface area (Å²) < 4.78 is 28.2. The van der Waals surface area contributed by atoms with Gasteiger partial charge in [-0.25, -0.2) is 8.78 Å². The summed E-state index contributed by atoms with van der Waals surface area (Å²) in [4.78, 5) is 12.5. The van der Waals surface area contributed by atoms with E-state index in [0.717, 1.165) is 12.1 Å². The Labute approximate surface area is 137 Å². The molecule has 0 saturated heterocycles. The number of hydrogen-bond acceptors (Lipinski definition) is 2. The summed E-state index contributed by atoms with van der Waals surface area (Å²) in [6.45, 7) is 1.75. The van der Waals surface area contributed by atoms with Crippen LogP contribution in [0.25, 0.3) is 11.1 Å². The van der Waals surface area contributed by atoms with Crippen LogP contribution in [0.2, 0.25) is 0 Å². The minimum absolute atomic E-state index is 0.310. The second-order valence-corrected chi connectivity index (χ2v) is 5.43. The van der Waals surface area contributed by atoms with Crippen molar-refractivity contribution >= 4 is 11.6 Å². The molecule has 0 atom stereocenters. The van der Waals surface area contributed by atoms with Crippen molar-refractivity contribution in [2.45, 2.75) is 6.92 Å². The molecule has 4 nitrogen and oxygen atoms in total. The Hall–Kier alpha value is -3.02. The Kier molecular flexibility index (Phi) is 4.12. The van der Waals surface area contributed by atoms with Crippen LogP contribution < -0.4 is 5.32 Å². The van der Waals surface area contributed by atoms with Crippen LogP contribution in [0.4, 0.5) is 14.5 Å². The van der Waals surface area contributed by atoms with Gasteiger partial charge in [0.05, 0.1) is 11.3 Å². The number of anilines is 1. The Morgan fingerprint density at radius 2 is 1.88 bits per heavy atom. The quantitative estimate of drug-likeness (QED) is 0.792. The first-order valence-corrected chi connectivity index (χ1v) is 7.32. The van der Waals surface area contributed by atoms with Gasteiger partial charge in [0.2, 0.25) is 0 Å². The Balaban J connectivity index is 1.96. The summed E-state index contributed by atoms with van der Waals surface area (Å²) in [5, 5.41) is 6.95. The molecule has 1 heterocycles. The van der Waals surface area contributed by atoms with E-state index < -0.39 is 11.6 Å². The predicted molar refractivity (Wildman–Crippen MR) is 87.7 cm³/mol. The highest BCUT2D eigenvalue weighted by molar-refractivity contribution is 6.06. The van der Waals surface area contributed by atoms with Gasteiger partial charge in [-0.3, -0.25) is 9.48 Å². The van der Waals surface area contributed by atoms with Gasteiger partial charge in [0.1, 0.15) is 0 Å². The zero-order valence-electron chi connectivity index (χ0n) is 13.2. The number of nitrogens with one attached hydrogen (secondary N) is 1. The van der Waals surface area contributed by atoms with Crippen LogP contribution in [0.15, 0.2) is 48.7 Å². The summed E-state index contributed by atoms with van der Waals surface area (Å²) in [6.07, 6.45) is 1.63. The highest BCUT2D eigenvalue weighted by atomic mass is 19.2. The molecule has 6 heteroatoms. The molecule has 122 valence electrons. The number of nitrogens with zero attached hydrogens (tertiary/aromatic N) is 2. The monoisotopic (exact) mass is 327 g/mol.